The Labute approximate surface area is 183 Å². The second kappa shape index (κ2) is 6.70. The molecule has 170 valence electrons. The first kappa shape index (κ1) is 20.5. The van der Waals surface area contributed by atoms with E-state index in [0.29, 0.717) is 34.7 Å². The second-order valence-corrected chi connectivity index (χ2v) is 13.1. The first-order chi connectivity index (χ1) is 14.3. The molecule has 6 fully saturated rings. The van der Waals surface area contributed by atoms with Crippen molar-refractivity contribution in [3.05, 3.63) is 0 Å². The lowest BCUT2D eigenvalue weighted by Crippen LogP contribution is -2.55. The highest BCUT2D eigenvalue weighted by molar-refractivity contribution is 5.15. The van der Waals surface area contributed by atoms with Crippen LogP contribution in [0.2, 0.25) is 0 Å². The van der Waals surface area contributed by atoms with Gasteiger partial charge in [-0.05, 0) is 104 Å². The Morgan fingerprint density at radius 3 is 2.40 bits per heavy atom. The maximum Gasteiger partial charge on any atom is 0.171 e. The number of rotatable bonds is 0. The third kappa shape index (κ3) is 2.61. The lowest BCUT2D eigenvalue weighted by molar-refractivity contribution is -0.273. The molecule has 0 bridgehead atoms. The monoisotopic (exact) mass is 416 g/mol. The van der Waals surface area contributed by atoms with E-state index in [1.54, 1.807) is 0 Å². The lowest BCUT2D eigenvalue weighted by Gasteiger charge is -2.61. The fourth-order valence-electron chi connectivity index (χ4n) is 10.3. The van der Waals surface area contributed by atoms with E-state index in [1.807, 2.05) is 0 Å². The van der Waals surface area contributed by atoms with E-state index in [4.69, 9.17) is 9.47 Å². The zero-order valence-electron chi connectivity index (χ0n) is 19.7. The SMILES string of the molecule is CC1C2C(CC3C4CC[C@@H]5CC(O)CC[C@]5(C)C4CC[C@@]32C)OC12CC[C@@H](C)CO2. The molecule has 0 aromatic heterocycles. The Bertz CT molecular complexity index is 684. The van der Waals surface area contributed by atoms with Gasteiger partial charge in [0.1, 0.15) is 0 Å². The first-order valence-corrected chi connectivity index (χ1v) is 13.3. The van der Waals surface area contributed by atoms with Crippen molar-refractivity contribution in [3.8, 4) is 0 Å². The third-order valence-electron chi connectivity index (χ3n) is 11.9. The normalized spacial score (nSPS) is 62.5. The van der Waals surface area contributed by atoms with Gasteiger partial charge in [-0.15, -0.1) is 0 Å². The summed E-state index contributed by atoms with van der Waals surface area (Å²) in [5.41, 5.74) is 0.899. The second-order valence-electron chi connectivity index (χ2n) is 13.1. The molecule has 8 unspecified atom stereocenters. The average Bonchev–Trinajstić information content (AvgIpc) is 3.16. The van der Waals surface area contributed by atoms with Gasteiger partial charge in [0.15, 0.2) is 5.79 Å². The van der Waals surface area contributed by atoms with E-state index >= 15 is 0 Å². The summed E-state index contributed by atoms with van der Waals surface area (Å²) in [7, 11) is 0. The maximum absolute atomic E-state index is 10.3. The molecule has 6 rings (SSSR count). The molecule has 6 aliphatic rings. The van der Waals surface area contributed by atoms with E-state index in [9.17, 15) is 5.11 Å². The molecule has 2 heterocycles. The number of hydrogen-bond acceptors (Lipinski definition) is 3. The minimum absolute atomic E-state index is 0.0389. The molecule has 4 aliphatic carbocycles. The highest BCUT2D eigenvalue weighted by Crippen LogP contribution is 2.71. The molecule has 4 saturated carbocycles. The predicted molar refractivity (Wildman–Crippen MR) is 118 cm³/mol. The standard InChI is InChI=1S/C27H44O3/c1-16-7-12-27(29-15-16)17(2)24-23(30-27)14-22-20-6-5-18-13-19(28)8-10-25(18,3)21(20)9-11-26(22,24)4/h16-24,28H,5-15H2,1-4H3/t16-,17?,18-,19?,20?,21?,22?,23?,24?,25+,26+,27?/m1/s1. The van der Waals surface area contributed by atoms with Crippen LogP contribution in [0.4, 0.5) is 0 Å². The van der Waals surface area contributed by atoms with Gasteiger partial charge in [-0.2, -0.15) is 0 Å². The van der Waals surface area contributed by atoms with Gasteiger partial charge in [0.05, 0.1) is 18.8 Å². The van der Waals surface area contributed by atoms with Crippen molar-refractivity contribution in [1.29, 1.82) is 0 Å². The van der Waals surface area contributed by atoms with E-state index in [2.05, 4.69) is 27.7 Å². The molecule has 0 aromatic rings. The van der Waals surface area contributed by atoms with Crippen LogP contribution in [-0.2, 0) is 9.47 Å². The fraction of sp³-hybridized carbons (Fsp3) is 1.00. The van der Waals surface area contributed by atoms with Gasteiger partial charge < -0.3 is 14.6 Å². The molecule has 1 N–H and O–H groups in total. The highest BCUT2D eigenvalue weighted by Gasteiger charge is 2.69. The lowest BCUT2D eigenvalue weighted by atomic mass is 9.44. The van der Waals surface area contributed by atoms with Gasteiger partial charge in [-0.25, -0.2) is 0 Å². The minimum atomic E-state index is -0.282. The Morgan fingerprint density at radius 2 is 1.63 bits per heavy atom. The number of hydrogen-bond donors (Lipinski definition) is 1. The number of aliphatic hydroxyl groups is 1. The van der Waals surface area contributed by atoms with Crippen molar-refractivity contribution >= 4 is 0 Å². The molecule has 12 atom stereocenters. The molecule has 1 spiro atoms. The largest absolute Gasteiger partial charge is 0.393 e. The Morgan fingerprint density at radius 1 is 0.833 bits per heavy atom. The average molecular weight is 417 g/mol. The molecule has 0 aromatic carbocycles. The van der Waals surface area contributed by atoms with Crippen LogP contribution in [0.5, 0.6) is 0 Å². The Balaban J connectivity index is 1.26. The van der Waals surface area contributed by atoms with E-state index in [0.717, 1.165) is 49.5 Å². The topological polar surface area (TPSA) is 38.7 Å². The molecule has 30 heavy (non-hydrogen) atoms. The van der Waals surface area contributed by atoms with E-state index in [1.165, 1.54) is 44.9 Å². The predicted octanol–water partition coefficient (Wildman–Crippen LogP) is 5.79. The van der Waals surface area contributed by atoms with Crippen LogP contribution in [0, 0.1) is 52.3 Å². The summed E-state index contributed by atoms with van der Waals surface area (Å²) in [5, 5.41) is 10.3. The van der Waals surface area contributed by atoms with Crippen LogP contribution in [0.3, 0.4) is 0 Å². The molecule has 0 radical (unpaired) electrons. The van der Waals surface area contributed by atoms with Gasteiger partial charge in [0.25, 0.3) is 0 Å². The summed E-state index contributed by atoms with van der Waals surface area (Å²) in [4.78, 5) is 0. The van der Waals surface area contributed by atoms with E-state index in [-0.39, 0.29) is 11.9 Å². The molecule has 3 heteroatoms. The molecule has 2 saturated heterocycles. The molecular formula is C27H44O3. The molecule has 3 nitrogen and oxygen atoms in total. The van der Waals surface area contributed by atoms with Crippen molar-refractivity contribution in [2.75, 3.05) is 6.61 Å². The number of aliphatic hydroxyl groups excluding tert-OH is 1. The van der Waals surface area contributed by atoms with Crippen LogP contribution >= 0.6 is 0 Å². The smallest absolute Gasteiger partial charge is 0.171 e. The van der Waals surface area contributed by atoms with Gasteiger partial charge in [-0.1, -0.05) is 27.7 Å². The van der Waals surface area contributed by atoms with Crippen LogP contribution in [0.15, 0.2) is 0 Å². The Hall–Kier alpha value is -0.120. The van der Waals surface area contributed by atoms with Gasteiger partial charge in [-0.3, -0.25) is 0 Å². The van der Waals surface area contributed by atoms with Crippen LogP contribution in [0.1, 0.15) is 91.9 Å². The molecule has 0 amide bonds. The van der Waals surface area contributed by atoms with E-state index < -0.39 is 0 Å². The van der Waals surface area contributed by atoms with Crippen molar-refractivity contribution in [1.82, 2.24) is 0 Å². The Kier molecular flexibility index (Phi) is 4.58. The van der Waals surface area contributed by atoms with Crippen LogP contribution in [0.25, 0.3) is 0 Å². The fourth-order valence-corrected chi connectivity index (χ4v) is 10.3. The number of ether oxygens (including phenoxy) is 2. The third-order valence-corrected chi connectivity index (χ3v) is 11.9. The molecule has 2 aliphatic heterocycles. The summed E-state index contributed by atoms with van der Waals surface area (Å²) < 4.78 is 13.4. The van der Waals surface area contributed by atoms with Gasteiger partial charge in [0.2, 0.25) is 0 Å². The quantitative estimate of drug-likeness (QED) is 0.543. The van der Waals surface area contributed by atoms with Crippen LogP contribution in [-0.4, -0.2) is 29.7 Å². The summed E-state index contributed by atoms with van der Waals surface area (Å²) in [6.45, 7) is 10.9. The van der Waals surface area contributed by atoms with Crippen molar-refractivity contribution < 1.29 is 14.6 Å². The minimum Gasteiger partial charge on any atom is -0.393 e. The zero-order valence-corrected chi connectivity index (χ0v) is 19.7. The zero-order chi connectivity index (χ0) is 20.9. The highest BCUT2D eigenvalue weighted by atomic mass is 16.7. The number of fused-ring (bicyclic) bond motifs is 7. The first-order valence-electron chi connectivity index (χ1n) is 13.3. The molecular weight excluding hydrogens is 372 g/mol. The van der Waals surface area contributed by atoms with Crippen molar-refractivity contribution in [2.24, 2.45) is 52.3 Å². The van der Waals surface area contributed by atoms with Gasteiger partial charge in [0, 0.05) is 12.3 Å². The van der Waals surface area contributed by atoms with Crippen LogP contribution < -0.4 is 0 Å². The summed E-state index contributed by atoms with van der Waals surface area (Å²) in [5.74, 6) is 4.93. The van der Waals surface area contributed by atoms with Gasteiger partial charge >= 0.3 is 0 Å². The van der Waals surface area contributed by atoms with Crippen molar-refractivity contribution in [2.45, 2.75) is 110 Å². The van der Waals surface area contributed by atoms with Crippen molar-refractivity contribution in [3.63, 3.8) is 0 Å². The summed E-state index contributed by atoms with van der Waals surface area (Å²) in [6, 6.07) is 0. The summed E-state index contributed by atoms with van der Waals surface area (Å²) >= 11 is 0. The maximum atomic E-state index is 10.3. The summed E-state index contributed by atoms with van der Waals surface area (Å²) in [6.07, 6.45) is 12.9.